The number of amides is 1. The molecule has 0 N–H and O–H groups in total. The van der Waals surface area contributed by atoms with Crippen LogP contribution in [0.3, 0.4) is 0 Å². The highest BCUT2D eigenvalue weighted by Crippen LogP contribution is 2.44. The molecule has 156 valence electrons. The number of hydrogen-bond acceptors (Lipinski definition) is 5. The average molecular weight is 412 g/mol. The molecule has 0 radical (unpaired) electrons. The molecule has 0 unspecified atom stereocenters. The molecule has 3 aromatic rings. The topological polar surface area (TPSA) is 58.6 Å². The van der Waals surface area contributed by atoms with E-state index in [0.717, 1.165) is 47.2 Å². The molecule has 2 aromatic carbocycles. The van der Waals surface area contributed by atoms with E-state index in [-0.39, 0.29) is 11.8 Å². The molecule has 0 bridgehead atoms. The number of rotatable bonds is 3. The first kappa shape index (κ1) is 18.4. The van der Waals surface area contributed by atoms with Crippen LogP contribution < -0.4 is 9.64 Å². The molecular weight excluding hydrogens is 388 g/mol. The van der Waals surface area contributed by atoms with Crippen LogP contribution in [-0.4, -0.2) is 47.2 Å². The summed E-state index contributed by atoms with van der Waals surface area (Å²) < 4.78 is 6.06. The van der Waals surface area contributed by atoms with E-state index in [1.54, 1.807) is 0 Å². The molecule has 6 heteroatoms. The summed E-state index contributed by atoms with van der Waals surface area (Å²) >= 11 is 0. The Hall–Kier alpha value is -3.41. The first-order chi connectivity index (χ1) is 15.3. The van der Waals surface area contributed by atoms with Crippen LogP contribution in [0.4, 0.5) is 5.82 Å². The third-order valence-electron chi connectivity index (χ3n) is 6.51. The second kappa shape index (κ2) is 7.38. The summed E-state index contributed by atoms with van der Waals surface area (Å²) in [4.78, 5) is 17.9. The van der Waals surface area contributed by atoms with E-state index in [4.69, 9.17) is 4.74 Å². The fourth-order valence-corrected chi connectivity index (χ4v) is 4.62. The fourth-order valence-electron chi connectivity index (χ4n) is 4.62. The van der Waals surface area contributed by atoms with Gasteiger partial charge in [-0.25, -0.2) is 0 Å². The van der Waals surface area contributed by atoms with Crippen molar-refractivity contribution in [1.82, 2.24) is 15.1 Å². The lowest BCUT2D eigenvalue weighted by Gasteiger charge is -2.38. The summed E-state index contributed by atoms with van der Waals surface area (Å²) in [6.07, 6.45) is 2.46. The third-order valence-corrected chi connectivity index (χ3v) is 6.51. The molecule has 3 aliphatic rings. The molecule has 31 heavy (non-hydrogen) atoms. The van der Waals surface area contributed by atoms with Gasteiger partial charge in [-0.15, -0.1) is 5.10 Å². The number of piperazine rings is 1. The van der Waals surface area contributed by atoms with E-state index >= 15 is 0 Å². The maximum atomic E-state index is 13.7. The molecule has 0 atom stereocenters. The van der Waals surface area contributed by atoms with Crippen molar-refractivity contribution in [2.45, 2.75) is 24.7 Å². The number of carbonyl (C=O) groups excluding carboxylic acids is 1. The molecule has 2 fully saturated rings. The van der Waals surface area contributed by atoms with Crippen LogP contribution in [0.15, 0.2) is 60.7 Å². The summed E-state index contributed by atoms with van der Waals surface area (Å²) in [5, 5.41) is 8.85. The van der Waals surface area contributed by atoms with E-state index in [2.05, 4.69) is 27.2 Å². The van der Waals surface area contributed by atoms with Crippen molar-refractivity contribution < 1.29 is 9.53 Å². The molecule has 0 spiro atoms. The number of benzene rings is 2. The standard InChI is InChI=1S/C25H24N4O2/c30-25(24-18-5-1-3-7-21(18)31-22-8-4-2-6-19(22)24)29-15-13-28(14-16-29)23-12-11-20(26-27-23)17-9-10-17/h1-8,11-12,17,24H,9-10,13-16H2. The maximum Gasteiger partial charge on any atom is 0.234 e. The minimum absolute atomic E-state index is 0.137. The Labute approximate surface area is 181 Å². The van der Waals surface area contributed by atoms with Gasteiger partial charge in [0.15, 0.2) is 5.82 Å². The van der Waals surface area contributed by atoms with Gasteiger partial charge in [0.2, 0.25) is 5.91 Å². The zero-order valence-electron chi connectivity index (χ0n) is 17.3. The molecule has 1 saturated carbocycles. The van der Waals surface area contributed by atoms with Crippen LogP contribution in [0.2, 0.25) is 0 Å². The Morgan fingerprint density at radius 1 is 0.806 bits per heavy atom. The van der Waals surface area contributed by atoms with Crippen LogP contribution in [0, 0.1) is 0 Å². The number of carbonyl (C=O) groups is 1. The van der Waals surface area contributed by atoms with Crippen LogP contribution in [-0.2, 0) is 4.79 Å². The molecule has 1 amide bonds. The number of fused-ring (bicyclic) bond motifs is 2. The summed E-state index contributed by atoms with van der Waals surface area (Å²) in [5.41, 5.74) is 2.99. The number of para-hydroxylation sites is 2. The number of hydrogen-bond donors (Lipinski definition) is 0. The minimum Gasteiger partial charge on any atom is -0.457 e. The summed E-state index contributed by atoms with van der Waals surface area (Å²) in [5.74, 6) is 2.86. The smallest absolute Gasteiger partial charge is 0.234 e. The quantitative estimate of drug-likeness (QED) is 0.652. The first-order valence-corrected chi connectivity index (χ1v) is 11.0. The lowest BCUT2D eigenvalue weighted by Crippen LogP contribution is -2.50. The highest BCUT2D eigenvalue weighted by atomic mass is 16.5. The van der Waals surface area contributed by atoms with Crippen molar-refractivity contribution >= 4 is 11.7 Å². The number of anilines is 1. The maximum absolute atomic E-state index is 13.7. The normalized spacial score (nSPS) is 18.2. The van der Waals surface area contributed by atoms with Gasteiger partial charge in [0.05, 0.1) is 11.6 Å². The zero-order chi connectivity index (χ0) is 20.8. The van der Waals surface area contributed by atoms with Crippen LogP contribution >= 0.6 is 0 Å². The Kier molecular flexibility index (Phi) is 4.37. The highest BCUT2D eigenvalue weighted by molar-refractivity contribution is 5.90. The molecule has 1 aromatic heterocycles. The van der Waals surface area contributed by atoms with E-state index in [9.17, 15) is 4.79 Å². The van der Waals surface area contributed by atoms with Crippen LogP contribution in [0.5, 0.6) is 11.5 Å². The molecule has 1 aliphatic carbocycles. The van der Waals surface area contributed by atoms with Gasteiger partial charge >= 0.3 is 0 Å². The number of ether oxygens (including phenoxy) is 1. The van der Waals surface area contributed by atoms with Gasteiger partial charge < -0.3 is 14.5 Å². The molecule has 6 nitrogen and oxygen atoms in total. The van der Waals surface area contributed by atoms with Gasteiger partial charge in [-0.3, -0.25) is 4.79 Å². The Morgan fingerprint density at radius 2 is 1.45 bits per heavy atom. The van der Waals surface area contributed by atoms with Crippen molar-refractivity contribution in [3.8, 4) is 11.5 Å². The summed E-state index contributed by atoms with van der Waals surface area (Å²) in [6, 6.07) is 19.9. The average Bonchev–Trinajstić information content (AvgIpc) is 3.68. The molecule has 2 aliphatic heterocycles. The van der Waals surface area contributed by atoms with Gasteiger partial charge in [-0.1, -0.05) is 36.4 Å². The van der Waals surface area contributed by atoms with Crippen molar-refractivity contribution in [3.05, 3.63) is 77.5 Å². The summed E-state index contributed by atoms with van der Waals surface area (Å²) in [6.45, 7) is 2.87. The van der Waals surface area contributed by atoms with E-state index in [0.29, 0.717) is 19.0 Å². The lowest BCUT2D eigenvalue weighted by molar-refractivity contribution is -0.132. The predicted molar refractivity (Wildman–Crippen MR) is 118 cm³/mol. The molecule has 1 saturated heterocycles. The Balaban J connectivity index is 1.20. The van der Waals surface area contributed by atoms with Crippen molar-refractivity contribution in [2.75, 3.05) is 31.1 Å². The van der Waals surface area contributed by atoms with Crippen LogP contribution in [0.25, 0.3) is 0 Å². The van der Waals surface area contributed by atoms with Gasteiger partial charge in [-0.05, 0) is 37.1 Å². The summed E-state index contributed by atoms with van der Waals surface area (Å²) in [7, 11) is 0. The van der Waals surface area contributed by atoms with Gasteiger partial charge in [0.1, 0.15) is 11.5 Å². The van der Waals surface area contributed by atoms with Crippen molar-refractivity contribution in [2.24, 2.45) is 0 Å². The number of aromatic nitrogens is 2. The molecule has 3 heterocycles. The van der Waals surface area contributed by atoms with E-state index in [1.165, 1.54) is 12.8 Å². The minimum atomic E-state index is -0.328. The fraction of sp³-hybridized carbons (Fsp3) is 0.320. The third kappa shape index (κ3) is 3.32. The number of nitrogens with zero attached hydrogens (tertiary/aromatic N) is 4. The van der Waals surface area contributed by atoms with Gasteiger partial charge in [0.25, 0.3) is 0 Å². The first-order valence-electron chi connectivity index (χ1n) is 11.0. The lowest BCUT2D eigenvalue weighted by atomic mass is 9.86. The zero-order valence-corrected chi connectivity index (χ0v) is 17.3. The largest absolute Gasteiger partial charge is 0.457 e. The predicted octanol–water partition coefficient (Wildman–Crippen LogP) is 3.94. The SMILES string of the molecule is O=C(C1c2ccccc2Oc2ccccc21)N1CCN(c2ccc(C3CC3)nn2)CC1. The molecular formula is C25H24N4O2. The van der Waals surface area contributed by atoms with Gasteiger partial charge in [0, 0.05) is 43.2 Å². The second-order valence-corrected chi connectivity index (χ2v) is 8.51. The van der Waals surface area contributed by atoms with E-state index in [1.807, 2.05) is 53.4 Å². The Bertz CT molecular complexity index is 1070. The monoisotopic (exact) mass is 412 g/mol. The highest BCUT2D eigenvalue weighted by Gasteiger charge is 2.36. The molecule has 6 rings (SSSR count). The van der Waals surface area contributed by atoms with Crippen LogP contribution in [0.1, 0.15) is 41.5 Å². The van der Waals surface area contributed by atoms with Crippen molar-refractivity contribution in [1.29, 1.82) is 0 Å². The van der Waals surface area contributed by atoms with E-state index < -0.39 is 0 Å². The second-order valence-electron chi connectivity index (χ2n) is 8.51. The van der Waals surface area contributed by atoms with Crippen molar-refractivity contribution in [3.63, 3.8) is 0 Å². The Morgan fingerprint density at radius 3 is 2.03 bits per heavy atom. The van der Waals surface area contributed by atoms with Gasteiger partial charge in [-0.2, -0.15) is 5.10 Å².